The number of nitrogens with zero attached hydrogens (tertiary/aromatic N) is 1. The molecule has 1 aliphatic rings. The zero-order valence-electron chi connectivity index (χ0n) is 8.53. The first-order chi connectivity index (χ1) is 6.36. The van der Waals surface area contributed by atoms with E-state index in [2.05, 4.69) is 0 Å². The maximum absolute atomic E-state index is 12.2. The van der Waals surface area contributed by atoms with Crippen LogP contribution in [0.2, 0.25) is 0 Å². The van der Waals surface area contributed by atoms with Crippen molar-refractivity contribution in [1.29, 1.82) is 0 Å². The lowest BCUT2D eigenvalue weighted by atomic mass is 10.2. The molecule has 0 spiro atoms. The van der Waals surface area contributed by atoms with Gasteiger partial charge in [0, 0.05) is 0 Å². The molecule has 0 aliphatic carbocycles. The van der Waals surface area contributed by atoms with E-state index in [1.807, 2.05) is 0 Å². The Hall–Kier alpha value is -0.0100. The molecule has 0 saturated carbocycles. The lowest BCUT2D eigenvalue weighted by molar-refractivity contribution is -0.926. The van der Waals surface area contributed by atoms with Crippen LogP contribution >= 0.6 is 12.4 Å². The number of aliphatic hydroxyl groups is 2. The van der Waals surface area contributed by atoms with Gasteiger partial charge in [-0.15, -0.1) is 12.4 Å². The molecule has 4 nitrogen and oxygen atoms in total. The lowest BCUT2D eigenvalue weighted by Crippen LogP contribution is -2.61. The van der Waals surface area contributed by atoms with Gasteiger partial charge in [0.15, 0.2) is 0 Å². The van der Waals surface area contributed by atoms with E-state index in [1.54, 1.807) is 7.05 Å². The number of ether oxygens (including phenoxy) is 1. The highest BCUT2D eigenvalue weighted by molar-refractivity contribution is 5.85. The Morgan fingerprint density at radius 3 is 2.20 bits per heavy atom. The molecule has 0 radical (unpaired) electrons. The molecule has 0 aromatic heterocycles. The number of rotatable bonds is 3. The summed E-state index contributed by atoms with van der Waals surface area (Å²) in [5.74, 6) is -2.90. The summed E-state index contributed by atoms with van der Waals surface area (Å²) in [6, 6.07) is 0. The van der Waals surface area contributed by atoms with Crippen molar-refractivity contribution in [3.05, 3.63) is 0 Å². The fourth-order valence-electron chi connectivity index (χ4n) is 1.57. The second-order valence-corrected chi connectivity index (χ2v) is 4.02. The summed E-state index contributed by atoms with van der Waals surface area (Å²) >= 11 is 0. The summed E-state index contributed by atoms with van der Waals surface area (Å²) in [6.45, 7) is 1.62. The number of hydrogen-bond acceptors (Lipinski definition) is 3. The van der Waals surface area contributed by atoms with Crippen molar-refractivity contribution < 1.29 is 28.2 Å². The minimum atomic E-state index is -3.14. The molecule has 0 amide bonds. The predicted octanol–water partition coefficient (Wildman–Crippen LogP) is -0.169. The van der Waals surface area contributed by atoms with E-state index in [9.17, 15) is 8.78 Å². The summed E-state index contributed by atoms with van der Waals surface area (Å²) < 4.78 is 29.7. The number of quaternary nitrogens is 1. The largest absolute Gasteiger partial charge is 0.370 e. The first-order valence-corrected chi connectivity index (χ1v) is 4.50. The van der Waals surface area contributed by atoms with Gasteiger partial charge in [0.25, 0.3) is 12.2 Å². The maximum Gasteiger partial charge on any atom is 0.297 e. The van der Waals surface area contributed by atoms with E-state index in [0.29, 0.717) is 26.3 Å². The number of morpholine rings is 1. The molecule has 0 unspecified atom stereocenters. The molecule has 0 aromatic rings. The van der Waals surface area contributed by atoms with Crippen LogP contribution < -0.4 is 0 Å². The van der Waals surface area contributed by atoms with Gasteiger partial charge in [-0.25, -0.2) is 8.78 Å². The second-order valence-electron chi connectivity index (χ2n) is 4.02. The number of alkyl halides is 2. The SMILES string of the molecule is C[N+]1(CC(O)(O)C(F)F)CCOCC1.Cl. The lowest BCUT2D eigenvalue weighted by Gasteiger charge is -2.40. The highest BCUT2D eigenvalue weighted by Crippen LogP contribution is 2.19. The summed E-state index contributed by atoms with van der Waals surface area (Å²) in [5.41, 5.74) is 0. The summed E-state index contributed by atoms with van der Waals surface area (Å²) in [6.07, 6.45) is -3.14. The van der Waals surface area contributed by atoms with Gasteiger partial charge in [-0.05, 0) is 0 Å². The van der Waals surface area contributed by atoms with Crippen LogP contribution in [0.1, 0.15) is 0 Å². The average molecular weight is 249 g/mol. The van der Waals surface area contributed by atoms with Crippen LogP contribution in [-0.4, -0.2) is 66.8 Å². The first kappa shape index (κ1) is 15.0. The molecule has 1 saturated heterocycles. The van der Waals surface area contributed by atoms with Crippen molar-refractivity contribution >= 4 is 12.4 Å². The van der Waals surface area contributed by atoms with Gasteiger partial charge in [0.2, 0.25) is 0 Å². The van der Waals surface area contributed by atoms with Crippen LogP contribution in [0.3, 0.4) is 0 Å². The molecule has 1 heterocycles. The van der Waals surface area contributed by atoms with Crippen LogP contribution in [0, 0.1) is 0 Å². The van der Waals surface area contributed by atoms with Gasteiger partial charge >= 0.3 is 0 Å². The average Bonchev–Trinajstić information content (AvgIpc) is 2.03. The van der Waals surface area contributed by atoms with Crippen LogP contribution in [0.25, 0.3) is 0 Å². The Labute approximate surface area is 93.4 Å². The number of hydrogen-bond donors (Lipinski definition) is 2. The molecule has 92 valence electrons. The predicted molar refractivity (Wildman–Crippen MR) is 52.0 cm³/mol. The van der Waals surface area contributed by atoms with Gasteiger partial charge in [-0.3, -0.25) is 0 Å². The van der Waals surface area contributed by atoms with Crippen LogP contribution in [-0.2, 0) is 4.74 Å². The van der Waals surface area contributed by atoms with E-state index in [1.165, 1.54) is 0 Å². The molecule has 0 atom stereocenters. The monoisotopic (exact) mass is 248 g/mol. The van der Waals surface area contributed by atoms with Crippen molar-refractivity contribution in [3.63, 3.8) is 0 Å². The molecule has 1 fully saturated rings. The Balaban J connectivity index is 0.00000196. The zero-order valence-corrected chi connectivity index (χ0v) is 9.34. The summed E-state index contributed by atoms with van der Waals surface area (Å²) in [4.78, 5) is 0. The molecule has 2 N–H and O–H groups in total. The van der Waals surface area contributed by atoms with Crippen molar-refractivity contribution in [2.24, 2.45) is 0 Å². The van der Waals surface area contributed by atoms with Crippen molar-refractivity contribution in [2.45, 2.75) is 12.2 Å². The van der Waals surface area contributed by atoms with Gasteiger partial charge in [-0.1, -0.05) is 0 Å². The number of likely N-dealkylation sites (N-methyl/N-ethyl adjacent to an activating group) is 1. The van der Waals surface area contributed by atoms with E-state index in [0.717, 1.165) is 0 Å². The maximum atomic E-state index is 12.2. The smallest absolute Gasteiger partial charge is 0.297 e. The molecular formula is C8H17ClF2NO3+. The Morgan fingerprint density at radius 2 is 1.80 bits per heavy atom. The van der Waals surface area contributed by atoms with E-state index < -0.39 is 12.2 Å². The van der Waals surface area contributed by atoms with Crippen molar-refractivity contribution in [2.75, 3.05) is 39.9 Å². The second kappa shape index (κ2) is 5.36. The fraction of sp³-hybridized carbons (Fsp3) is 1.00. The molecule has 1 aliphatic heterocycles. The third-order valence-electron chi connectivity index (χ3n) is 2.51. The topological polar surface area (TPSA) is 49.7 Å². The normalized spacial score (nSPS) is 21.2. The zero-order chi connectivity index (χ0) is 10.8. The van der Waals surface area contributed by atoms with Crippen LogP contribution in [0.15, 0.2) is 0 Å². The van der Waals surface area contributed by atoms with Gasteiger partial charge in [-0.2, -0.15) is 0 Å². The Kier molecular flexibility index (Phi) is 5.35. The molecule has 0 bridgehead atoms. The standard InChI is InChI=1S/C8H16F2NO3.ClH/c1-11(2-4-14-5-3-11)6-8(12,13)7(9)10;/h7,12-13H,2-6H2,1H3;1H/q+1;. The molecular weight excluding hydrogens is 232 g/mol. The highest BCUT2D eigenvalue weighted by Gasteiger charge is 2.44. The van der Waals surface area contributed by atoms with Crippen molar-refractivity contribution in [1.82, 2.24) is 0 Å². The van der Waals surface area contributed by atoms with E-state index in [-0.39, 0.29) is 23.4 Å². The summed E-state index contributed by atoms with van der Waals surface area (Å²) in [7, 11) is 1.71. The fourth-order valence-corrected chi connectivity index (χ4v) is 1.57. The van der Waals surface area contributed by atoms with E-state index in [4.69, 9.17) is 14.9 Å². The molecule has 7 heteroatoms. The Morgan fingerprint density at radius 1 is 1.33 bits per heavy atom. The van der Waals surface area contributed by atoms with E-state index >= 15 is 0 Å². The van der Waals surface area contributed by atoms with Gasteiger partial charge in [0.1, 0.15) is 19.6 Å². The summed E-state index contributed by atoms with van der Waals surface area (Å²) in [5, 5.41) is 18.1. The molecule has 15 heavy (non-hydrogen) atoms. The first-order valence-electron chi connectivity index (χ1n) is 4.50. The highest BCUT2D eigenvalue weighted by atomic mass is 35.5. The molecule has 1 rings (SSSR count). The third-order valence-corrected chi connectivity index (χ3v) is 2.51. The minimum Gasteiger partial charge on any atom is -0.370 e. The third kappa shape index (κ3) is 4.16. The van der Waals surface area contributed by atoms with Crippen molar-refractivity contribution in [3.8, 4) is 0 Å². The quantitative estimate of drug-likeness (QED) is 0.539. The minimum absolute atomic E-state index is 0. The molecule has 0 aromatic carbocycles. The number of halogens is 3. The van der Waals surface area contributed by atoms with Crippen LogP contribution in [0.4, 0.5) is 8.78 Å². The van der Waals surface area contributed by atoms with Gasteiger partial charge in [0.05, 0.1) is 20.3 Å². The Bertz CT molecular complexity index is 198. The van der Waals surface area contributed by atoms with Gasteiger partial charge < -0.3 is 19.4 Å². The van der Waals surface area contributed by atoms with Crippen LogP contribution in [0.5, 0.6) is 0 Å².